The minimum Gasteiger partial charge on any atom is -0.352 e. The van der Waals surface area contributed by atoms with E-state index >= 15 is 0 Å². The zero-order chi connectivity index (χ0) is 15.2. The number of hydrogen-bond donors (Lipinski definition) is 2. The van der Waals surface area contributed by atoms with Crippen LogP contribution in [0.4, 0.5) is 8.78 Å². The second kappa shape index (κ2) is 7.07. The van der Waals surface area contributed by atoms with Crippen LogP contribution in [0.5, 0.6) is 0 Å². The number of rotatable bonds is 7. The molecule has 0 aliphatic heterocycles. The fourth-order valence-corrected chi connectivity index (χ4v) is 1.87. The molecule has 0 aromatic carbocycles. The van der Waals surface area contributed by atoms with Gasteiger partial charge in [-0.1, -0.05) is 0 Å². The van der Waals surface area contributed by atoms with E-state index in [1.807, 2.05) is 0 Å². The van der Waals surface area contributed by atoms with E-state index in [1.165, 1.54) is 0 Å². The van der Waals surface area contributed by atoms with Gasteiger partial charge in [0.1, 0.15) is 0 Å². The van der Waals surface area contributed by atoms with Crippen molar-refractivity contribution in [3.8, 4) is 0 Å². The van der Waals surface area contributed by atoms with Crippen molar-refractivity contribution in [1.82, 2.24) is 19.9 Å². The third kappa shape index (κ3) is 4.45. The molecule has 8 heteroatoms. The Morgan fingerprint density at radius 2 is 2.29 bits per heavy atom. The average Bonchev–Trinajstić information content (AvgIpc) is 2.87. The van der Waals surface area contributed by atoms with E-state index < -0.39 is 6.43 Å². The van der Waals surface area contributed by atoms with Gasteiger partial charge in [-0.05, 0) is 18.1 Å². The van der Waals surface area contributed by atoms with Gasteiger partial charge in [0.15, 0.2) is 5.65 Å². The Balaban J connectivity index is 1.86. The summed E-state index contributed by atoms with van der Waals surface area (Å²) in [6.07, 6.45) is 1.02. The number of fused-ring (bicyclic) bond motifs is 1. The van der Waals surface area contributed by atoms with Crippen LogP contribution in [0.3, 0.4) is 0 Å². The molecule has 0 aliphatic carbocycles. The molecule has 2 aromatic heterocycles. The van der Waals surface area contributed by atoms with E-state index in [0.29, 0.717) is 18.7 Å². The molecule has 0 spiro atoms. The number of carbonyl (C=O) groups is 1. The van der Waals surface area contributed by atoms with Gasteiger partial charge in [0.05, 0.1) is 18.1 Å². The lowest BCUT2D eigenvalue weighted by Crippen LogP contribution is -2.22. The highest BCUT2D eigenvalue weighted by molar-refractivity contribution is 5.75. The van der Waals surface area contributed by atoms with Crippen molar-refractivity contribution in [3.05, 3.63) is 29.7 Å². The number of nitrogens with one attached hydrogen (secondary N) is 1. The topological polar surface area (TPSA) is 85.3 Å². The lowest BCUT2D eigenvalue weighted by atomic mass is 10.2. The van der Waals surface area contributed by atoms with Crippen LogP contribution in [-0.2, 0) is 17.9 Å². The summed E-state index contributed by atoms with van der Waals surface area (Å²) in [5.41, 5.74) is 7.68. The van der Waals surface area contributed by atoms with Gasteiger partial charge in [-0.3, -0.25) is 4.79 Å². The zero-order valence-electron chi connectivity index (χ0n) is 11.4. The number of alkyl halides is 2. The van der Waals surface area contributed by atoms with Gasteiger partial charge in [-0.25, -0.2) is 18.3 Å². The third-order valence-corrected chi connectivity index (χ3v) is 2.95. The Bertz CT molecular complexity index is 614. The first-order chi connectivity index (χ1) is 10.1. The summed E-state index contributed by atoms with van der Waals surface area (Å²) in [5.74, 6) is -0.249. The number of imidazole rings is 1. The molecule has 0 unspecified atom stereocenters. The molecule has 1 amide bonds. The van der Waals surface area contributed by atoms with Crippen LogP contribution in [-0.4, -0.2) is 26.9 Å². The van der Waals surface area contributed by atoms with Crippen LogP contribution >= 0.6 is 0 Å². The molecule has 21 heavy (non-hydrogen) atoms. The lowest BCUT2D eigenvalue weighted by molar-refractivity contribution is -0.121. The molecule has 2 aromatic rings. The largest absolute Gasteiger partial charge is 0.352 e. The van der Waals surface area contributed by atoms with Crippen molar-refractivity contribution in [1.29, 1.82) is 0 Å². The molecular weight excluding hydrogens is 280 g/mol. The summed E-state index contributed by atoms with van der Waals surface area (Å²) in [7, 11) is 0. The van der Waals surface area contributed by atoms with Crippen LogP contribution in [0.1, 0.15) is 30.5 Å². The zero-order valence-corrected chi connectivity index (χ0v) is 11.4. The lowest BCUT2D eigenvalue weighted by Gasteiger charge is -2.05. The minimum atomic E-state index is -2.36. The monoisotopic (exact) mass is 297 g/mol. The Morgan fingerprint density at radius 3 is 3.00 bits per heavy atom. The maximum absolute atomic E-state index is 12.0. The fraction of sp³-hybridized carbons (Fsp3) is 0.462. The minimum absolute atomic E-state index is 0.0979. The number of aromatic nitrogens is 3. The number of halogens is 2. The third-order valence-electron chi connectivity index (χ3n) is 2.95. The van der Waals surface area contributed by atoms with E-state index in [4.69, 9.17) is 5.73 Å². The second-order valence-electron chi connectivity index (χ2n) is 4.66. The molecule has 0 fully saturated rings. The van der Waals surface area contributed by atoms with Crippen LogP contribution in [0.25, 0.3) is 5.65 Å². The predicted molar refractivity (Wildman–Crippen MR) is 72.6 cm³/mol. The molecule has 3 N–H and O–H groups in total. The summed E-state index contributed by atoms with van der Waals surface area (Å²) in [6, 6.07) is 1.80. The van der Waals surface area contributed by atoms with Gasteiger partial charge in [-0.15, -0.1) is 0 Å². The fourth-order valence-electron chi connectivity index (χ4n) is 1.87. The molecule has 0 radical (unpaired) electrons. The van der Waals surface area contributed by atoms with Crippen molar-refractivity contribution in [2.75, 3.05) is 0 Å². The average molecular weight is 297 g/mol. The van der Waals surface area contributed by atoms with Gasteiger partial charge in [0, 0.05) is 25.9 Å². The first-order valence-corrected chi connectivity index (χ1v) is 6.66. The number of nitrogens with two attached hydrogens (primary N) is 1. The van der Waals surface area contributed by atoms with Crippen molar-refractivity contribution in [2.45, 2.75) is 38.8 Å². The smallest absolute Gasteiger partial charge is 0.238 e. The van der Waals surface area contributed by atoms with Crippen LogP contribution in [0.15, 0.2) is 18.5 Å². The summed E-state index contributed by atoms with van der Waals surface area (Å²) < 4.78 is 25.5. The van der Waals surface area contributed by atoms with E-state index in [-0.39, 0.29) is 25.2 Å². The van der Waals surface area contributed by atoms with Crippen molar-refractivity contribution < 1.29 is 13.6 Å². The van der Waals surface area contributed by atoms with Crippen molar-refractivity contribution in [3.63, 3.8) is 0 Å². The Morgan fingerprint density at radius 1 is 1.48 bits per heavy atom. The molecule has 0 saturated heterocycles. The van der Waals surface area contributed by atoms with Crippen molar-refractivity contribution >= 4 is 11.6 Å². The molecule has 114 valence electrons. The Hall–Kier alpha value is -2.09. The molecule has 0 aliphatic rings. The number of nitrogens with zero attached hydrogens (tertiary/aromatic N) is 3. The molecule has 0 atom stereocenters. The highest BCUT2D eigenvalue weighted by atomic mass is 19.3. The van der Waals surface area contributed by atoms with Gasteiger partial charge in [-0.2, -0.15) is 5.10 Å². The SMILES string of the molecule is NCc1cn2ncc(CNC(=O)CCCC(F)F)cc2n1. The first kappa shape index (κ1) is 15.3. The highest BCUT2D eigenvalue weighted by Crippen LogP contribution is 2.07. The molecule has 6 nitrogen and oxygen atoms in total. The van der Waals surface area contributed by atoms with Crippen LogP contribution in [0.2, 0.25) is 0 Å². The molecule has 2 heterocycles. The van der Waals surface area contributed by atoms with Crippen molar-refractivity contribution in [2.24, 2.45) is 5.73 Å². The van der Waals surface area contributed by atoms with Gasteiger partial charge < -0.3 is 11.1 Å². The molecule has 2 rings (SSSR count). The normalized spacial score (nSPS) is 11.2. The maximum Gasteiger partial charge on any atom is 0.238 e. The molecule has 0 saturated carbocycles. The Labute approximate surface area is 120 Å². The molecule has 0 bridgehead atoms. The number of amides is 1. The quantitative estimate of drug-likeness (QED) is 0.805. The second-order valence-corrected chi connectivity index (χ2v) is 4.66. The summed E-state index contributed by atoms with van der Waals surface area (Å²) in [4.78, 5) is 15.8. The predicted octanol–water partition coefficient (Wildman–Crippen LogP) is 1.24. The maximum atomic E-state index is 12.0. The Kier molecular flexibility index (Phi) is 5.15. The summed E-state index contributed by atoms with van der Waals surface area (Å²) in [5, 5.41) is 6.83. The first-order valence-electron chi connectivity index (χ1n) is 6.66. The molecular formula is C13H17F2N5O. The summed E-state index contributed by atoms with van der Waals surface area (Å²) >= 11 is 0. The van der Waals surface area contributed by atoms with E-state index in [1.54, 1.807) is 23.0 Å². The van der Waals surface area contributed by atoms with Crippen LogP contribution < -0.4 is 11.1 Å². The summed E-state index contributed by atoms with van der Waals surface area (Å²) in [6.45, 7) is 0.626. The number of carbonyl (C=O) groups excluding carboxylic acids is 1. The standard InChI is InChI=1S/C13H17F2N5O/c14-11(15)2-1-3-13(21)17-6-9-4-12-19-10(5-16)8-20(12)18-7-9/h4,7-8,11H,1-3,5-6,16H2,(H,17,21). The van der Waals surface area contributed by atoms with E-state index in [2.05, 4.69) is 15.4 Å². The van der Waals surface area contributed by atoms with Crippen LogP contribution in [0, 0.1) is 0 Å². The van der Waals surface area contributed by atoms with Gasteiger partial charge in [0.25, 0.3) is 0 Å². The number of hydrogen-bond acceptors (Lipinski definition) is 4. The van der Waals surface area contributed by atoms with Gasteiger partial charge >= 0.3 is 0 Å². The van der Waals surface area contributed by atoms with E-state index in [0.717, 1.165) is 11.3 Å². The van der Waals surface area contributed by atoms with Gasteiger partial charge in [0.2, 0.25) is 12.3 Å². The highest BCUT2D eigenvalue weighted by Gasteiger charge is 2.07. The van der Waals surface area contributed by atoms with E-state index in [9.17, 15) is 13.6 Å².